The molecule has 106 valence electrons. The highest BCUT2D eigenvalue weighted by Gasteiger charge is 2.14. The molecule has 0 saturated heterocycles. The van der Waals surface area contributed by atoms with E-state index in [4.69, 9.17) is 27.6 Å². The zero-order valence-electron chi connectivity index (χ0n) is 10.8. The van der Waals surface area contributed by atoms with Crippen LogP contribution in [-0.2, 0) is 5.75 Å². The maximum Gasteiger partial charge on any atom is 0.300 e. The topological polar surface area (TPSA) is 94.3 Å². The van der Waals surface area contributed by atoms with E-state index in [0.717, 1.165) is 10.5 Å². The molecule has 7 heteroatoms. The molecule has 2 rings (SSSR count). The number of hydrazine groups is 1. The summed E-state index contributed by atoms with van der Waals surface area (Å²) in [6.45, 7) is 1.80. The van der Waals surface area contributed by atoms with Crippen LogP contribution in [0.15, 0.2) is 33.6 Å². The van der Waals surface area contributed by atoms with Crippen molar-refractivity contribution in [1.29, 1.82) is 0 Å². The fourth-order valence-corrected chi connectivity index (χ4v) is 2.94. The predicted molar refractivity (Wildman–Crippen MR) is 80.5 cm³/mol. The number of nitrogens with one attached hydrogen (secondary N) is 1. The van der Waals surface area contributed by atoms with Gasteiger partial charge in [-0.25, -0.2) is 5.84 Å². The Balaban J connectivity index is 2.13. The van der Waals surface area contributed by atoms with Gasteiger partial charge in [0.15, 0.2) is 5.76 Å². The van der Waals surface area contributed by atoms with E-state index in [0.29, 0.717) is 22.2 Å². The van der Waals surface area contributed by atoms with Crippen LogP contribution in [0, 0.1) is 6.92 Å². The van der Waals surface area contributed by atoms with E-state index in [1.165, 1.54) is 11.8 Å². The highest BCUT2D eigenvalue weighted by atomic mass is 35.5. The summed E-state index contributed by atoms with van der Waals surface area (Å²) in [6.07, 6.45) is 0. The molecule has 0 saturated carbocycles. The maximum atomic E-state index is 11.4. The first-order valence-corrected chi connectivity index (χ1v) is 7.15. The second-order valence-corrected chi connectivity index (χ2v) is 5.57. The Morgan fingerprint density at radius 2 is 2.20 bits per heavy atom. The monoisotopic (exact) mass is 311 g/mol. The Morgan fingerprint density at radius 3 is 2.90 bits per heavy atom. The van der Waals surface area contributed by atoms with Crippen LogP contribution in [0.5, 0.6) is 0 Å². The first kappa shape index (κ1) is 14.8. The van der Waals surface area contributed by atoms with Gasteiger partial charge in [0.2, 0.25) is 0 Å². The predicted octanol–water partition coefficient (Wildman–Crippen LogP) is 2.72. The van der Waals surface area contributed by atoms with Crippen molar-refractivity contribution in [2.75, 3.05) is 5.73 Å². The van der Waals surface area contributed by atoms with E-state index < -0.39 is 5.91 Å². The van der Waals surface area contributed by atoms with Gasteiger partial charge in [0, 0.05) is 21.9 Å². The molecule has 20 heavy (non-hydrogen) atoms. The fourth-order valence-electron chi connectivity index (χ4n) is 1.63. The Kier molecular flexibility index (Phi) is 4.59. The molecule has 1 aromatic carbocycles. The summed E-state index contributed by atoms with van der Waals surface area (Å²) in [4.78, 5) is 12.3. The molecule has 1 amide bonds. The molecule has 0 bridgehead atoms. The second kappa shape index (κ2) is 6.21. The summed E-state index contributed by atoms with van der Waals surface area (Å²) in [5.41, 5.74) is 9.33. The van der Waals surface area contributed by atoms with Crippen LogP contribution in [0.4, 0.5) is 5.69 Å². The zero-order valence-corrected chi connectivity index (χ0v) is 12.3. The molecule has 5 N–H and O–H groups in total. The van der Waals surface area contributed by atoms with Gasteiger partial charge in [0.05, 0.1) is 5.02 Å². The first-order chi connectivity index (χ1) is 9.51. The Hall–Kier alpha value is -1.63. The Morgan fingerprint density at radius 1 is 1.45 bits per heavy atom. The van der Waals surface area contributed by atoms with E-state index >= 15 is 0 Å². The maximum absolute atomic E-state index is 11.4. The minimum Gasteiger partial charge on any atom is -0.456 e. The normalized spacial score (nSPS) is 10.6. The largest absolute Gasteiger partial charge is 0.456 e. The van der Waals surface area contributed by atoms with Crippen molar-refractivity contribution in [3.05, 3.63) is 46.4 Å². The van der Waals surface area contributed by atoms with Crippen molar-refractivity contribution in [1.82, 2.24) is 5.43 Å². The van der Waals surface area contributed by atoms with Gasteiger partial charge in [-0.05, 0) is 31.2 Å². The molecule has 1 aromatic heterocycles. The molecule has 0 aliphatic heterocycles. The van der Waals surface area contributed by atoms with Crippen molar-refractivity contribution in [2.45, 2.75) is 17.6 Å². The van der Waals surface area contributed by atoms with E-state index in [-0.39, 0.29) is 5.76 Å². The number of aryl methyl sites for hydroxylation is 1. The van der Waals surface area contributed by atoms with Crippen molar-refractivity contribution in [3.8, 4) is 0 Å². The summed E-state index contributed by atoms with van der Waals surface area (Å²) in [6, 6.07) is 6.99. The highest BCUT2D eigenvalue weighted by Crippen LogP contribution is 2.32. The van der Waals surface area contributed by atoms with Crippen LogP contribution in [-0.4, -0.2) is 5.91 Å². The van der Waals surface area contributed by atoms with Gasteiger partial charge < -0.3 is 10.2 Å². The third kappa shape index (κ3) is 3.27. The van der Waals surface area contributed by atoms with Crippen LogP contribution in [0.1, 0.15) is 21.9 Å². The molecular weight excluding hydrogens is 298 g/mol. The summed E-state index contributed by atoms with van der Waals surface area (Å²) >= 11 is 7.63. The number of nitrogens with two attached hydrogens (primary N) is 2. The van der Waals surface area contributed by atoms with E-state index in [2.05, 4.69) is 0 Å². The van der Waals surface area contributed by atoms with Crippen molar-refractivity contribution in [2.24, 2.45) is 5.84 Å². The lowest BCUT2D eigenvalue weighted by Gasteiger charge is -2.04. The minimum absolute atomic E-state index is 0.194. The van der Waals surface area contributed by atoms with Gasteiger partial charge in [-0.2, -0.15) is 0 Å². The lowest BCUT2D eigenvalue weighted by molar-refractivity contribution is 0.0924. The minimum atomic E-state index is -0.452. The summed E-state index contributed by atoms with van der Waals surface area (Å²) in [7, 11) is 0. The van der Waals surface area contributed by atoms with Gasteiger partial charge >= 0.3 is 5.91 Å². The summed E-state index contributed by atoms with van der Waals surface area (Å²) < 4.78 is 5.35. The lowest BCUT2D eigenvalue weighted by Crippen LogP contribution is -2.29. The second-order valence-electron chi connectivity index (χ2n) is 4.14. The van der Waals surface area contributed by atoms with E-state index in [1.54, 1.807) is 25.1 Å². The van der Waals surface area contributed by atoms with Gasteiger partial charge in [0.1, 0.15) is 5.76 Å². The number of carbonyl (C=O) groups excluding carboxylic acids is 1. The lowest BCUT2D eigenvalue weighted by atomic mass is 10.3. The van der Waals surface area contributed by atoms with Crippen LogP contribution < -0.4 is 17.0 Å². The number of hydrogen-bond acceptors (Lipinski definition) is 5. The number of rotatable bonds is 4. The molecule has 0 spiro atoms. The van der Waals surface area contributed by atoms with Crippen LogP contribution in [0.2, 0.25) is 5.02 Å². The number of thioether (sulfide) groups is 1. The molecule has 0 aliphatic carbocycles. The van der Waals surface area contributed by atoms with Gasteiger partial charge in [-0.3, -0.25) is 10.2 Å². The van der Waals surface area contributed by atoms with Gasteiger partial charge in [0.25, 0.3) is 0 Å². The van der Waals surface area contributed by atoms with Crippen LogP contribution in [0.25, 0.3) is 0 Å². The van der Waals surface area contributed by atoms with E-state index in [9.17, 15) is 4.79 Å². The molecule has 0 atom stereocenters. The Bertz CT molecular complexity index is 643. The third-order valence-electron chi connectivity index (χ3n) is 2.71. The SMILES string of the molecule is Cc1oc(C(=O)NN)cc1CSc1cc(N)ccc1Cl. The fraction of sp³-hybridized carbons (Fsp3) is 0.154. The quantitative estimate of drug-likeness (QED) is 0.265. The van der Waals surface area contributed by atoms with Crippen molar-refractivity contribution < 1.29 is 9.21 Å². The zero-order chi connectivity index (χ0) is 14.7. The number of anilines is 1. The number of nitrogen functional groups attached to an aromatic ring is 2. The standard InChI is InChI=1S/C13H14ClN3O2S/c1-7-8(4-11(19-7)13(18)17-16)6-20-12-5-9(15)2-3-10(12)14/h2-5H,6,15-16H2,1H3,(H,17,18). The molecule has 5 nitrogen and oxygen atoms in total. The molecule has 0 unspecified atom stereocenters. The molecule has 0 aliphatic rings. The number of furan rings is 1. The Labute approximate surface area is 125 Å². The number of halogens is 1. The average Bonchev–Trinajstić information content (AvgIpc) is 2.80. The van der Waals surface area contributed by atoms with Gasteiger partial charge in [-0.15, -0.1) is 11.8 Å². The van der Waals surface area contributed by atoms with Crippen molar-refractivity contribution >= 4 is 35.0 Å². The molecule has 2 aromatic rings. The van der Waals surface area contributed by atoms with E-state index in [1.807, 2.05) is 11.5 Å². The molecule has 1 heterocycles. The number of carbonyl (C=O) groups is 1. The third-order valence-corrected chi connectivity index (χ3v) is 4.26. The summed E-state index contributed by atoms with van der Waals surface area (Å²) in [5.74, 6) is 6.11. The number of amides is 1. The van der Waals surface area contributed by atoms with Gasteiger partial charge in [-0.1, -0.05) is 11.6 Å². The summed E-state index contributed by atoms with van der Waals surface area (Å²) in [5, 5.41) is 0.644. The van der Waals surface area contributed by atoms with Crippen LogP contribution in [0.3, 0.4) is 0 Å². The molecular formula is C13H14ClN3O2S. The smallest absolute Gasteiger partial charge is 0.300 e. The number of hydrogen-bond donors (Lipinski definition) is 3. The molecule has 0 fully saturated rings. The number of benzene rings is 1. The molecule has 0 radical (unpaired) electrons. The highest BCUT2D eigenvalue weighted by molar-refractivity contribution is 7.98. The average molecular weight is 312 g/mol. The van der Waals surface area contributed by atoms with Crippen molar-refractivity contribution in [3.63, 3.8) is 0 Å². The first-order valence-electron chi connectivity index (χ1n) is 5.79. The van der Waals surface area contributed by atoms with Crippen LogP contribution >= 0.6 is 23.4 Å².